The highest BCUT2D eigenvalue weighted by Crippen LogP contribution is 2.35. The standard InChI is InChI=1S/C8H7Br2NO/c9-6-3-11-4-7(8(6)10)12-5-1-2-5/h3-5H,1-2H2. The highest BCUT2D eigenvalue weighted by Gasteiger charge is 2.24. The zero-order valence-electron chi connectivity index (χ0n) is 6.26. The summed E-state index contributed by atoms with van der Waals surface area (Å²) in [6, 6.07) is 0. The average molecular weight is 293 g/mol. The van der Waals surface area contributed by atoms with Crippen molar-refractivity contribution >= 4 is 31.9 Å². The van der Waals surface area contributed by atoms with Crippen LogP contribution in [0.3, 0.4) is 0 Å². The second kappa shape index (κ2) is 3.34. The van der Waals surface area contributed by atoms with Crippen molar-refractivity contribution in [2.24, 2.45) is 0 Å². The predicted molar refractivity (Wildman–Crippen MR) is 53.3 cm³/mol. The van der Waals surface area contributed by atoms with Crippen LogP contribution in [-0.4, -0.2) is 11.1 Å². The smallest absolute Gasteiger partial charge is 0.153 e. The average Bonchev–Trinajstić information content (AvgIpc) is 2.83. The van der Waals surface area contributed by atoms with Gasteiger partial charge in [0.2, 0.25) is 0 Å². The number of ether oxygens (including phenoxy) is 1. The minimum Gasteiger partial charge on any atom is -0.488 e. The van der Waals surface area contributed by atoms with Gasteiger partial charge in [-0.05, 0) is 44.7 Å². The van der Waals surface area contributed by atoms with Gasteiger partial charge in [0, 0.05) is 6.20 Å². The zero-order valence-corrected chi connectivity index (χ0v) is 9.43. The number of halogens is 2. The van der Waals surface area contributed by atoms with Crippen molar-refractivity contribution < 1.29 is 4.74 Å². The Labute approximate surface area is 87.6 Å². The van der Waals surface area contributed by atoms with Gasteiger partial charge >= 0.3 is 0 Å². The van der Waals surface area contributed by atoms with Crippen molar-refractivity contribution in [2.75, 3.05) is 0 Å². The van der Waals surface area contributed by atoms with E-state index in [9.17, 15) is 0 Å². The lowest BCUT2D eigenvalue weighted by molar-refractivity contribution is 0.300. The summed E-state index contributed by atoms with van der Waals surface area (Å²) in [5.41, 5.74) is 0. The van der Waals surface area contributed by atoms with Gasteiger partial charge < -0.3 is 4.74 Å². The quantitative estimate of drug-likeness (QED) is 0.835. The Morgan fingerprint density at radius 3 is 2.75 bits per heavy atom. The fraction of sp³-hybridized carbons (Fsp3) is 0.375. The second-order valence-electron chi connectivity index (χ2n) is 2.75. The molecule has 4 heteroatoms. The van der Waals surface area contributed by atoms with Gasteiger partial charge in [0.15, 0.2) is 5.75 Å². The number of nitrogens with zero attached hydrogens (tertiary/aromatic N) is 1. The van der Waals surface area contributed by atoms with Crippen molar-refractivity contribution in [3.63, 3.8) is 0 Å². The summed E-state index contributed by atoms with van der Waals surface area (Å²) in [6.45, 7) is 0. The van der Waals surface area contributed by atoms with E-state index in [-0.39, 0.29) is 0 Å². The molecular weight excluding hydrogens is 286 g/mol. The number of rotatable bonds is 2. The van der Waals surface area contributed by atoms with E-state index in [1.54, 1.807) is 12.4 Å². The summed E-state index contributed by atoms with van der Waals surface area (Å²) in [5, 5.41) is 0. The molecule has 1 heterocycles. The third kappa shape index (κ3) is 1.80. The minimum atomic E-state index is 0.414. The topological polar surface area (TPSA) is 22.1 Å². The normalized spacial score (nSPS) is 16.2. The molecule has 0 saturated heterocycles. The number of hydrogen-bond donors (Lipinski definition) is 0. The fourth-order valence-electron chi connectivity index (χ4n) is 0.849. The van der Waals surface area contributed by atoms with Crippen molar-refractivity contribution in [1.29, 1.82) is 0 Å². The van der Waals surface area contributed by atoms with Crippen LogP contribution in [0.4, 0.5) is 0 Å². The first-order chi connectivity index (χ1) is 5.77. The molecule has 64 valence electrons. The van der Waals surface area contributed by atoms with Gasteiger partial charge in [-0.25, -0.2) is 0 Å². The van der Waals surface area contributed by atoms with E-state index in [2.05, 4.69) is 36.8 Å². The monoisotopic (exact) mass is 291 g/mol. The Kier molecular flexibility index (Phi) is 2.37. The zero-order chi connectivity index (χ0) is 8.55. The van der Waals surface area contributed by atoms with E-state index in [0.717, 1.165) is 14.7 Å². The van der Waals surface area contributed by atoms with Gasteiger partial charge in [0.1, 0.15) is 0 Å². The van der Waals surface area contributed by atoms with Gasteiger partial charge in [-0.1, -0.05) is 0 Å². The molecule has 1 aliphatic carbocycles. The molecule has 0 amide bonds. The summed E-state index contributed by atoms with van der Waals surface area (Å²) < 4.78 is 7.48. The summed E-state index contributed by atoms with van der Waals surface area (Å²) in [6.07, 6.45) is 6.21. The van der Waals surface area contributed by atoms with Gasteiger partial charge in [-0.3, -0.25) is 4.98 Å². The molecule has 1 aromatic heterocycles. The lowest BCUT2D eigenvalue weighted by Gasteiger charge is -2.06. The first kappa shape index (κ1) is 8.51. The van der Waals surface area contributed by atoms with Crippen LogP contribution in [0, 0.1) is 0 Å². The van der Waals surface area contributed by atoms with Crippen molar-refractivity contribution in [1.82, 2.24) is 4.98 Å². The minimum absolute atomic E-state index is 0.414. The van der Waals surface area contributed by atoms with Crippen molar-refractivity contribution in [3.05, 3.63) is 21.3 Å². The van der Waals surface area contributed by atoms with Gasteiger partial charge in [-0.2, -0.15) is 0 Å². The molecule has 0 spiro atoms. The Balaban J connectivity index is 2.23. The van der Waals surface area contributed by atoms with Gasteiger partial charge in [-0.15, -0.1) is 0 Å². The molecule has 0 radical (unpaired) electrons. The maximum atomic E-state index is 5.60. The van der Waals surface area contributed by atoms with Crippen LogP contribution < -0.4 is 4.74 Å². The molecule has 0 bridgehead atoms. The van der Waals surface area contributed by atoms with Crippen LogP contribution in [-0.2, 0) is 0 Å². The van der Waals surface area contributed by atoms with Crippen molar-refractivity contribution in [3.8, 4) is 5.75 Å². The fourth-order valence-corrected chi connectivity index (χ4v) is 1.46. The molecular formula is C8H7Br2NO. The van der Waals surface area contributed by atoms with Crippen LogP contribution >= 0.6 is 31.9 Å². The predicted octanol–water partition coefficient (Wildman–Crippen LogP) is 3.15. The number of aromatic nitrogens is 1. The maximum Gasteiger partial charge on any atom is 0.153 e. The molecule has 1 saturated carbocycles. The third-order valence-corrected chi connectivity index (χ3v) is 3.57. The molecule has 1 aromatic rings. The van der Waals surface area contributed by atoms with E-state index < -0.39 is 0 Å². The molecule has 0 N–H and O–H groups in total. The molecule has 1 fully saturated rings. The van der Waals surface area contributed by atoms with E-state index in [1.807, 2.05) is 0 Å². The van der Waals surface area contributed by atoms with Crippen LogP contribution in [0.25, 0.3) is 0 Å². The Morgan fingerprint density at radius 1 is 1.33 bits per heavy atom. The first-order valence-electron chi connectivity index (χ1n) is 3.73. The molecule has 2 rings (SSSR count). The van der Waals surface area contributed by atoms with E-state index >= 15 is 0 Å². The molecule has 0 aliphatic heterocycles. The summed E-state index contributed by atoms with van der Waals surface area (Å²) in [7, 11) is 0. The molecule has 0 atom stereocenters. The second-order valence-corrected chi connectivity index (χ2v) is 4.40. The largest absolute Gasteiger partial charge is 0.488 e. The van der Waals surface area contributed by atoms with E-state index in [4.69, 9.17) is 4.74 Å². The Morgan fingerprint density at radius 2 is 2.08 bits per heavy atom. The Bertz CT molecular complexity index is 299. The van der Waals surface area contributed by atoms with E-state index in [1.165, 1.54) is 12.8 Å². The molecule has 2 nitrogen and oxygen atoms in total. The Hall–Kier alpha value is -0.0900. The summed E-state index contributed by atoms with van der Waals surface area (Å²) in [5.74, 6) is 0.826. The highest BCUT2D eigenvalue weighted by atomic mass is 79.9. The SMILES string of the molecule is Brc1cncc(OC2CC2)c1Br. The van der Waals surface area contributed by atoms with Crippen LogP contribution in [0.5, 0.6) is 5.75 Å². The maximum absolute atomic E-state index is 5.60. The molecule has 12 heavy (non-hydrogen) atoms. The lowest BCUT2D eigenvalue weighted by atomic mass is 10.5. The van der Waals surface area contributed by atoms with Crippen molar-refractivity contribution in [2.45, 2.75) is 18.9 Å². The molecule has 0 unspecified atom stereocenters. The van der Waals surface area contributed by atoms with Crippen LogP contribution in [0.15, 0.2) is 21.3 Å². The van der Waals surface area contributed by atoms with E-state index in [0.29, 0.717) is 6.10 Å². The van der Waals surface area contributed by atoms with Crippen LogP contribution in [0.1, 0.15) is 12.8 Å². The summed E-state index contributed by atoms with van der Waals surface area (Å²) in [4.78, 5) is 4.02. The molecule has 1 aliphatic rings. The molecule has 0 aromatic carbocycles. The van der Waals surface area contributed by atoms with Gasteiger partial charge in [0.25, 0.3) is 0 Å². The third-order valence-electron chi connectivity index (χ3n) is 1.62. The summed E-state index contributed by atoms with van der Waals surface area (Å²) >= 11 is 6.79. The lowest BCUT2D eigenvalue weighted by Crippen LogP contribution is -1.97. The number of pyridine rings is 1. The van der Waals surface area contributed by atoms with Crippen LogP contribution in [0.2, 0.25) is 0 Å². The number of hydrogen-bond acceptors (Lipinski definition) is 2. The van der Waals surface area contributed by atoms with Gasteiger partial charge in [0.05, 0.1) is 21.2 Å². The first-order valence-corrected chi connectivity index (χ1v) is 5.31. The highest BCUT2D eigenvalue weighted by molar-refractivity contribution is 9.13.